The molecule has 0 bridgehead atoms. The van der Waals surface area contributed by atoms with E-state index in [1.54, 1.807) is 7.11 Å². The van der Waals surface area contributed by atoms with Gasteiger partial charge in [0.15, 0.2) is 0 Å². The van der Waals surface area contributed by atoms with Gasteiger partial charge in [-0.15, -0.1) is 0 Å². The van der Waals surface area contributed by atoms with Gasteiger partial charge in [-0.25, -0.2) is 0 Å². The lowest BCUT2D eigenvalue weighted by atomic mass is 10.2. The number of ether oxygens (including phenoxy) is 1. The first-order valence-corrected chi connectivity index (χ1v) is 5.17. The molecule has 1 unspecified atom stereocenters. The van der Waals surface area contributed by atoms with E-state index in [2.05, 4.69) is 18.7 Å². The number of hydrogen-bond donors (Lipinski definition) is 2. The largest absolute Gasteiger partial charge is 0.388 e. The SMILES string of the molecule is CCN(CCC(=N)N)C(C)CCOC. The van der Waals surface area contributed by atoms with Crippen molar-refractivity contribution in [1.29, 1.82) is 5.41 Å². The molecule has 14 heavy (non-hydrogen) atoms. The Morgan fingerprint density at radius 2 is 2.21 bits per heavy atom. The van der Waals surface area contributed by atoms with Crippen molar-refractivity contribution in [3.63, 3.8) is 0 Å². The third-order valence-electron chi connectivity index (χ3n) is 2.44. The highest BCUT2D eigenvalue weighted by molar-refractivity contribution is 5.76. The fraction of sp³-hybridized carbons (Fsp3) is 0.900. The molecule has 0 rings (SSSR count). The Labute approximate surface area is 86.9 Å². The van der Waals surface area contributed by atoms with Crippen LogP contribution in [-0.2, 0) is 4.74 Å². The van der Waals surface area contributed by atoms with Crippen molar-refractivity contribution >= 4 is 5.84 Å². The van der Waals surface area contributed by atoms with Crippen LogP contribution in [0.4, 0.5) is 0 Å². The Balaban J connectivity index is 3.79. The van der Waals surface area contributed by atoms with Crippen LogP contribution in [0.1, 0.15) is 26.7 Å². The summed E-state index contributed by atoms with van der Waals surface area (Å²) in [4.78, 5) is 2.32. The molecule has 4 heteroatoms. The van der Waals surface area contributed by atoms with Gasteiger partial charge < -0.3 is 15.4 Å². The Hall–Kier alpha value is -0.610. The first-order chi connectivity index (χ1) is 6.61. The molecule has 0 aliphatic heterocycles. The lowest BCUT2D eigenvalue weighted by Gasteiger charge is -2.27. The molecule has 0 aromatic carbocycles. The first kappa shape index (κ1) is 13.4. The summed E-state index contributed by atoms with van der Waals surface area (Å²) in [6.45, 7) is 6.97. The van der Waals surface area contributed by atoms with Crippen LogP contribution in [0.2, 0.25) is 0 Å². The topological polar surface area (TPSA) is 62.3 Å². The van der Waals surface area contributed by atoms with Crippen molar-refractivity contribution < 1.29 is 4.74 Å². The van der Waals surface area contributed by atoms with E-state index in [1.807, 2.05) is 0 Å². The van der Waals surface area contributed by atoms with E-state index >= 15 is 0 Å². The van der Waals surface area contributed by atoms with E-state index in [-0.39, 0.29) is 5.84 Å². The average molecular weight is 201 g/mol. The minimum absolute atomic E-state index is 0.266. The number of methoxy groups -OCH3 is 1. The average Bonchev–Trinajstić information content (AvgIpc) is 2.15. The van der Waals surface area contributed by atoms with Crippen LogP contribution < -0.4 is 5.73 Å². The summed E-state index contributed by atoms with van der Waals surface area (Å²) in [5.74, 6) is 0.266. The van der Waals surface area contributed by atoms with Crippen molar-refractivity contribution in [1.82, 2.24) is 4.90 Å². The minimum Gasteiger partial charge on any atom is -0.388 e. The predicted molar refractivity (Wildman–Crippen MR) is 59.7 cm³/mol. The number of nitrogens with zero attached hydrogens (tertiary/aromatic N) is 1. The second-order valence-corrected chi connectivity index (χ2v) is 3.53. The maximum Gasteiger partial charge on any atom is 0.0918 e. The van der Waals surface area contributed by atoms with E-state index in [0.29, 0.717) is 12.5 Å². The molecule has 0 saturated heterocycles. The van der Waals surface area contributed by atoms with Gasteiger partial charge in [0.2, 0.25) is 0 Å². The van der Waals surface area contributed by atoms with Gasteiger partial charge in [0.25, 0.3) is 0 Å². The molecule has 0 aliphatic rings. The Morgan fingerprint density at radius 3 is 2.64 bits per heavy atom. The van der Waals surface area contributed by atoms with Gasteiger partial charge in [0.05, 0.1) is 5.84 Å². The number of nitrogens with two attached hydrogens (primary N) is 1. The van der Waals surface area contributed by atoms with Crippen molar-refractivity contribution in [2.45, 2.75) is 32.7 Å². The van der Waals surface area contributed by atoms with E-state index < -0.39 is 0 Å². The summed E-state index contributed by atoms with van der Waals surface area (Å²) < 4.78 is 5.04. The Morgan fingerprint density at radius 1 is 1.57 bits per heavy atom. The van der Waals surface area contributed by atoms with Gasteiger partial charge in [-0.2, -0.15) is 0 Å². The standard InChI is InChI=1S/C10H23N3O/c1-4-13(7-5-10(11)12)9(2)6-8-14-3/h9H,4-8H2,1-3H3,(H3,11,12). The van der Waals surface area contributed by atoms with Crippen LogP contribution in [0, 0.1) is 5.41 Å². The molecule has 0 radical (unpaired) electrons. The molecule has 0 aromatic rings. The second kappa shape index (κ2) is 7.76. The van der Waals surface area contributed by atoms with Crippen molar-refractivity contribution in [2.75, 3.05) is 26.8 Å². The molecular formula is C10H23N3O. The van der Waals surface area contributed by atoms with Crippen molar-refractivity contribution in [3.05, 3.63) is 0 Å². The molecule has 3 N–H and O–H groups in total. The summed E-state index contributed by atoms with van der Waals surface area (Å²) in [6.07, 6.45) is 1.69. The number of nitrogens with one attached hydrogen (secondary N) is 1. The Bertz CT molecular complexity index is 161. The highest BCUT2D eigenvalue weighted by Crippen LogP contribution is 2.04. The molecule has 0 aromatic heterocycles. The molecule has 0 fully saturated rings. The molecule has 0 amide bonds. The summed E-state index contributed by atoms with van der Waals surface area (Å²) >= 11 is 0. The highest BCUT2D eigenvalue weighted by Gasteiger charge is 2.11. The Kier molecular flexibility index (Phi) is 7.42. The smallest absolute Gasteiger partial charge is 0.0918 e. The quantitative estimate of drug-likeness (QED) is 0.456. The van der Waals surface area contributed by atoms with E-state index in [1.165, 1.54) is 0 Å². The predicted octanol–water partition coefficient (Wildman–Crippen LogP) is 1.06. The third kappa shape index (κ3) is 5.94. The van der Waals surface area contributed by atoms with Crippen LogP contribution in [-0.4, -0.2) is 43.6 Å². The molecule has 4 nitrogen and oxygen atoms in total. The summed E-state index contributed by atoms with van der Waals surface area (Å²) in [5, 5.41) is 7.17. The maximum absolute atomic E-state index is 7.17. The van der Waals surface area contributed by atoms with Gasteiger partial charge in [0, 0.05) is 32.7 Å². The van der Waals surface area contributed by atoms with Crippen molar-refractivity contribution in [2.24, 2.45) is 5.73 Å². The molecule has 0 heterocycles. The van der Waals surface area contributed by atoms with Gasteiger partial charge >= 0.3 is 0 Å². The number of rotatable bonds is 8. The first-order valence-electron chi connectivity index (χ1n) is 5.17. The molecule has 1 atom stereocenters. The van der Waals surface area contributed by atoms with E-state index in [4.69, 9.17) is 15.9 Å². The van der Waals surface area contributed by atoms with Gasteiger partial charge in [0.1, 0.15) is 0 Å². The molecular weight excluding hydrogens is 178 g/mol. The monoisotopic (exact) mass is 201 g/mol. The zero-order valence-corrected chi connectivity index (χ0v) is 9.55. The lowest BCUT2D eigenvalue weighted by molar-refractivity contribution is 0.143. The van der Waals surface area contributed by atoms with Gasteiger partial charge in [-0.1, -0.05) is 6.92 Å². The normalized spacial score (nSPS) is 13.1. The zero-order valence-electron chi connectivity index (χ0n) is 9.55. The molecule has 84 valence electrons. The van der Waals surface area contributed by atoms with Gasteiger partial charge in [-0.3, -0.25) is 5.41 Å². The van der Waals surface area contributed by atoms with Gasteiger partial charge in [-0.05, 0) is 19.9 Å². The summed E-state index contributed by atoms with van der Waals surface area (Å²) in [5.41, 5.74) is 5.33. The number of hydrogen-bond acceptors (Lipinski definition) is 3. The summed E-state index contributed by atoms with van der Waals surface area (Å²) in [7, 11) is 1.72. The zero-order chi connectivity index (χ0) is 11.0. The fourth-order valence-corrected chi connectivity index (χ4v) is 1.43. The maximum atomic E-state index is 7.17. The van der Waals surface area contributed by atoms with Crippen molar-refractivity contribution in [3.8, 4) is 0 Å². The van der Waals surface area contributed by atoms with Crippen LogP contribution in [0.15, 0.2) is 0 Å². The lowest BCUT2D eigenvalue weighted by Crippen LogP contribution is -2.36. The van der Waals surface area contributed by atoms with Crippen LogP contribution in [0.5, 0.6) is 0 Å². The fourth-order valence-electron chi connectivity index (χ4n) is 1.43. The van der Waals surface area contributed by atoms with E-state index in [9.17, 15) is 0 Å². The summed E-state index contributed by atoms with van der Waals surface area (Å²) in [6, 6.07) is 0.499. The molecule has 0 spiro atoms. The molecule has 0 saturated carbocycles. The second-order valence-electron chi connectivity index (χ2n) is 3.53. The highest BCUT2D eigenvalue weighted by atomic mass is 16.5. The van der Waals surface area contributed by atoms with Crippen LogP contribution >= 0.6 is 0 Å². The van der Waals surface area contributed by atoms with E-state index in [0.717, 1.165) is 26.1 Å². The number of amidine groups is 1. The minimum atomic E-state index is 0.266. The third-order valence-corrected chi connectivity index (χ3v) is 2.44. The molecule has 0 aliphatic carbocycles. The van der Waals surface area contributed by atoms with Crippen LogP contribution in [0.25, 0.3) is 0 Å². The van der Waals surface area contributed by atoms with Crippen LogP contribution in [0.3, 0.4) is 0 Å².